The van der Waals surface area contributed by atoms with E-state index in [1.54, 1.807) is 19.2 Å². The van der Waals surface area contributed by atoms with Gasteiger partial charge in [-0.2, -0.15) is 0 Å². The van der Waals surface area contributed by atoms with Crippen LogP contribution in [0.15, 0.2) is 18.3 Å². The van der Waals surface area contributed by atoms with E-state index < -0.39 is 0 Å². The van der Waals surface area contributed by atoms with E-state index in [9.17, 15) is 4.39 Å². The van der Waals surface area contributed by atoms with E-state index in [0.29, 0.717) is 28.9 Å². The van der Waals surface area contributed by atoms with Crippen molar-refractivity contribution in [2.24, 2.45) is 0 Å². The monoisotopic (exact) mass is 220 g/mol. The van der Waals surface area contributed by atoms with Crippen LogP contribution in [0.5, 0.6) is 5.88 Å². The Bertz CT molecular complexity index is 514. The number of aromatic nitrogens is 2. The number of rotatable bonds is 3. The lowest BCUT2D eigenvalue weighted by Gasteiger charge is -2.06. The average molecular weight is 220 g/mol. The highest BCUT2D eigenvalue weighted by atomic mass is 19.1. The summed E-state index contributed by atoms with van der Waals surface area (Å²) in [7, 11) is 1.54. The summed E-state index contributed by atoms with van der Waals surface area (Å²) in [5.41, 5.74) is 1.92. The van der Waals surface area contributed by atoms with Gasteiger partial charge in [0.2, 0.25) is 5.88 Å². The first kappa shape index (κ1) is 10.8. The summed E-state index contributed by atoms with van der Waals surface area (Å²) >= 11 is 0. The van der Waals surface area contributed by atoms with Crippen LogP contribution in [-0.4, -0.2) is 17.1 Å². The highest BCUT2D eigenvalue weighted by Crippen LogP contribution is 2.21. The SMILES string of the molecule is CCCc1c(F)cnc2ccc(OC)nc12. The first-order chi connectivity index (χ1) is 7.76. The van der Waals surface area contributed by atoms with Crippen LogP contribution in [-0.2, 0) is 6.42 Å². The van der Waals surface area contributed by atoms with E-state index in [0.717, 1.165) is 6.42 Å². The fourth-order valence-electron chi connectivity index (χ4n) is 1.68. The van der Waals surface area contributed by atoms with Crippen molar-refractivity contribution in [3.05, 3.63) is 29.7 Å². The third-order valence-electron chi connectivity index (χ3n) is 2.45. The van der Waals surface area contributed by atoms with Crippen molar-refractivity contribution in [1.82, 2.24) is 9.97 Å². The Labute approximate surface area is 93.3 Å². The molecule has 2 aromatic rings. The van der Waals surface area contributed by atoms with Crippen LogP contribution in [0.2, 0.25) is 0 Å². The third-order valence-corrected chi connectivity index (χ3v) is 2.45. The minimum absolute atomic E-state index is 0.296. The second-order valence-corrected chi connectivity index (χ2v) is 3.56. The fourth-order valence-corrected chi connectivity index (χ4v) is 1.68. The van der Waals surface area contributed by atoms with Gasteiger partial charge in [-0.25, -0.2) is 9.37 Å². The Morgan fingerprint density at radius 2 is 2.19 bits per heavy atom. The van der Waals surface area contributed by atoms with Crippen molar-refractivity contribution in [2.75, 3.05) is 7.11 Å². The summed E-state index contributed by atoms with van der Waals surface area (Å²) in [5.74, 6) is 0.187. The van der Waals surface area contributed by atoms with Crippen molar-refractivity contribution in [3.63, 3.8) is 0 Å². The first-order valence-electron chi connectivity index (χ1n) is 5.24. The molecule has 16 heavy (non-hydrogen) atoms. The molecule has 4 heteroatoms. The Morgan fingerprint density at radius 3 is 2.88 bits per heavy atom. The lowest BCUT2D eigenvalue weighted by Crippen LogP contribution is -1.97. The topological polar surface area (TPSA) is 35.0 Å². The molecule has 3 nitrogen and oxygen atoms in total. The average Bonchev–Trinajstić information content (AvgIpc) is 2.32. The zero-order chi connectivity index (χ0) is 11.5. The van der Waals surface area contributed by atoms with Gasteiger partial charge < -0.3 is 4.74 Å². The van der Waals surface area contributed by atoms with E-state index in [4.69, 9.17) is 4.74 Å². The Hall–Kier alpha value is -1.71. The van der Waals surface area contributed by atoms with E-state index >= 15 is 0 Å². The molecule has 0 N–H and O–H groups in total. The van der Waals surface area contributed by atoms with Gasteiger partial charge in [-0.3, -0.25) is 4.98 Å². The molecule has 0 saturated heterocycles. The molecule has 0 aromatic carbocycles. The summed E-state index contributed by atoms with van der Waals surface area (Å²) in [5, 5.41) is 0. The first-order valence-corrected chi connectivity index (χ1v) is 5.24. The zero-order valence-electron chi connectivity index (χ0n) is 9.33. The molecule has 0 amide bonds. The van der Waals surface area contributed by atoms with E-state index in [1.807, 2.05) is 6.92 Å². The molecule has 0 radical (unpaired) electrons. The highest BCUT2D eigenvalue weighted by molar-refractivity contribution is 5.78. The third kappa shape index (κ3) is 1.83. The summed E-state index contributed by atoms with van der Waals surface area (Å²) < 4.78 is 18.6. The largest absolute Gasteiger partial charge is 0.481 e. The van der Waals surface area contributed by atoms with Crippen molar-refractivity contribution in [3.8, 4) is 5.88 Å². The van der Waals surface area contributed by atoms with E-state index in [2.05, 4.69) is 9.97 Å². The minimum Gasteiger partial charge on any atom is -0.481 e. The summed E-state index contributed by atoms with van der Waals surface area (Å²) in [4.78, 5) is 8.25. The Balaban J connectivity index is 2.67. The van der Waals surface area contributed by atoms with Gasteiger partial charge >= 0.3 is 0 Å². The van der Waals surface area contributed by atoms with Crippen molar-refractivity contribution < 1.29 is 9.13 Å². The van der Waals surface area contributed by atoms with Crippen molar-refractivity contribution in [1.29, 1.82) is 0 Å². The summed E-state index contributed by atoms with van der Waals surface area (Å²) in [6, 6.07) is 3.52. The normalized spacial score (nSPS) is 10.7. The van der Waals surface area contributed by atoms with Crippen LogP contribution in [0.4, 0.5) is 4.39 Å². The van der Waals surface area contributed by atoms with Crippen molar-refractivity contribution in [2.45, 2.75) is 19.8 Å². The maximum Gasteiger partial charge on any atom is 0.213 e. The number of hydrogen-bond donors (Lipinski definition) is 0. The van der Waals surface area contributed by atoms with Crippen LogP contribution >= 0.6 is 0 Å². The molecule has 2 aromatic heterocycles. The molecular weight excluding hydrogens is 207 g/mol. The lowest BCUT2D eigenvalue weighted by molar-refractivity contribution is 0.399. The molecule has 2 rings (SSSR count). The number of aryl methyl sites for hydroxylation is 1. The number of methoxy groups -OCH3 is 1. The Kier molecular flexibility index (Phi) is 2.99. The van der Waals surface area contributed by atoms with Gasteiger partial charge in [0, 0.05) is 11.6 Å². The fraction of sp³-hybridized carbons (Fsp3) is 0.333. The van der Waals surface area contributed by atoms with Gasteiger partial charge in [0.1, 0.15) is 5.82 Å². The zero-order valence-corrected chi connectivity index (χ0v) is 9.33. The molecule has 0 aliphatic carbocycles. The van der Waals surface area contributed by atoms with Gasteiger partial charge in [-0.05, 0) is 12.5 Å². The van der Waals surface area contributed by atoms with Crippen LogP contribution < -0.4 is 4.74 Å². The predicted molar refractivity (Wildman–Crippen MR) is 60.0 cm³/mol. The second kappa shape index (κ2) is 4.43. The molecule has 2 heterocycles. The Morgan fingerprint density at radius 1 is 1.38 bits per heavy atom. The number of fused-ring (bicyclic) bond motifs is 1. The van der Waals surface area contributed by atoms with Crippen molar-refractivity contribution >= 4 is 11.0 Å². The summed E-state index contributed by atoms with van der Waals surface area (Å²) in [6.45, 7) is 2.01. The molecule has 0 bridgehead atoms. The van der Waals surface area contributed by atoms with E-state index in [1.165, 1.54) is 6.20 Å². The van der Waals surface area contributed by atoms with Crippen LogP contribution in [0.3, 0.4) is 0 Å². The molecule has 0 atom stereocenters. The number of halogens is 1. The quantitative estimate of drug-likeness (QED) is 0.797. The molecule has 0 aliphatic rings. The maximum atomic E-state index is 13.6. The van der Waals surface area contributed by atoms with Gasteiger partial charge in [0.25, 0.3) is 0 Å². The lowest BCUT2D eigenvalue weighted by atomic mass is 10.1. The van der Waals surface area contributed by atoms with Gasteiger partial charge in [0.15, 0.2) is 0 Å². The number of hydrogen-bond acceptors (Lipinski definition) is 3. The van der Waals surface area contributed by atoms with Gasteiger partial charge in [-0.15, -0.1) is 0 Å². The summed E-state index contributed by atoms with van der Waals surface area (Å²) in [6.07, 6.45) is 2.78. The minimum atomic E-state index is -0.296. The molecule has 0 aliphatic heterocycles. The van der Waals surface area contributed by atoms with Gasteiger partial charge in [-0.1, -0.05) is 13.3 Å². The second-order valence-electron chi connectivity index (χ2n) is 3.56. The van der Waals surface area contributed by atoms with Crippen LogP contribution in [0.1, 0.15) is 18.9 Å². The smallest absolute Gasteiger partial charge is 0.213 e. The maximum absolute atomic E-state index is 13.6. The highest BCUT2D eigenvalue weighted by Gasteiger charge is 2.10. The number of ether oxygens (including phenoxy) is 1. The number of nitrogens with zero attached hydrogens (tertiary/aromatic N) is 2. The molecule has 0 saturated carbocycles. The standard InChI is InChI=1S/C12H13FN2O/c1-3-4-8-9(13)7-14-10-5-6-11(16-2)15-12(8)10/h5-7H,3-4H2,1-2H3. The molecule has 0 spiro atoms. The van der Waals surface area contributed by atoms with Crippen LogP contribution in [0.25, 0.3) is 11.0 Å². The molecule has 0 fully saturated rings. The van der Waals surface area contributed by atoms with Gasteiger partial charge in [0.05, 0.1) is 24.3 Å². The molecular formula is C12H13FN2O. The molecule has 84 valence electrons. The number of pyridine rings is 2. The van der Waals surface area contributed by atoms with Crippen LogP contribution in [0, 0.1) is 5.82 Å². The predicted octanol–water partition coefficient (Wildman–Crippen LogP) is 2.73. The molecule has 0 unspecified atom stereocenters. The van der Waals surface area contributed by atoms with E-state index in [-0.39, 0.29) is 5.82 Å².